The number of likely N-dealkylation sites (N-methyl/N-ethyl adjacent to an activating group) is 1. The summed E-state index contributed by atoms with van der Waals surface area (Å²) in [6, 6.07) is 6.48. The largest absolute Gasteiger partial charge is 0.508 e. The molecule has 2 N–H and O–H groups in total. The number of benzene rings is 1. The van der Waals surface area contributed by atoms with Crippen molar-refractivity contribution in [3.05, 3.63) is 47.9 Å². The van der Waals surface area contributed by atoms with Gasteiger partial charge in [0.2, 0.25) is 0 Å². The minimum Gasteiger partial charge on any atom is -0.508 e. The SMILES string of the molecule is CCN(CC(O)c1cccc(O)c1)c1cnc(C(=O)OC)cn1. The van der Waals surface area contributed by atoms with Crippen molar-refractivity contribution in [2.24, 2.45) is 0 Å². The third-order valence-corrected chi connectivity index (χ3v) is 3.39. The summed E-state index contributed by atoms with van der Waals surface area (Å²) >= 11 is 0. The summed E-state index contributed by atoms with van der Waals surface area (Å²) in [6.07, 6.45) is 2.01. The van der Waals surface area contributed by atoms with Crippen LogP contribution in [0.3, 0.4) is 0 Å². The van der Waals surface area contributed by atoms with Gasteiger partial charge in [0.1, 0.15) is 11.6 Å². The number of phenolic OH excluding ortho intramolecular Hbond substituents is 1. The van der Waals surface area contributed by atoms with E-state index in [1.165, 1.54) is 25.6 Å². The number of phenols is 1. The standard InChI is InChI=1S/C16H19N3O4/c1-3-19(10-14(21)11-5-4-6-12(20)7-11)15-9-17-13(8-18-15)16(22)23-2/h4-9,14,20-21H,3,10H2,1-2H3. The van der Waals surface area contributed by atoms with Crippen LogP contribution in [0.15, 0.2) is 36.7 Å². The van der Waals surface area contributed by atoms with Gasteiger partial charge >= 0.3 is 5.97 Å². The van der Waals surface area contributed by atoms with Gasteiger partial charge in [0.25, 0.3) is 0 Å². The van der Waals surface area contributed by atoms with Gasteiger partial charge in [0.15, 0.2) is 5.69 Å². The van der Waals surface area contributed by atoms with E-state index in [4.69, 9.17) is 0 Å². The lowest BCUT2D eigenvalue weighted by molar-refractivity contribution is 0.0593. The first-order chi connectivity index (χ1) is 11.0. The molecule has 0 aliphatic rings. The molecule has 1 unspecified atom stereocenters. The third kappa shape index (κ3) is 4.17. The summed E-state index contributed by atoms with van der Waals surface area (Å²) in [5, 5.41) is 19.8. The van der Waals surface area contributed by atoms with E-state index in [1.54, 1.807) is 18.2 Å². The number of esters is 1. The van der Waals surface area contributed by atoms with Crippen molar-refractivity contribution in [1.29, 1.82) is 0 Å². The average molecular weight is 317 g/mol. The van der Waals surface area contributed by atoms with E-state index in [2.05, 4.69) is 14.7 Å². The Morgan fingerprint density at radius 1 is 1.35 bits per heavy atom. The lowest BCUT2D eigenvalue weighted by atomic mass is 10.1. The van der Waals surface area contributed by atoms with Crippen molar-refractivity contribution in [2.75, 3.05) is 25.1 Å². The predicted octanol–water partition coefficient (Wildman–Crippen LogP) is 1.53. The molecule has 2 rings (SSSR count). The van der Waals surface area contributed by atoms with Crippen molar-refractivity contribution in [2.45, 2.75) is 13.0 Å². The number of carbonyl (C=O) groups excluding carboxylic acids is 1. The van der Waals surface area contributed by atoms with E-state index >= 15 is 0 Å². The highest BCUT2D eigenvalue weighted by molar-refractivity contribution is 5.86. The number of aromatic hydroxyl groups is 1. The summed E-state index contributed by atoms with van der Waals surface area (Å²) in [6.45, 7) is 2.80. The molecular formula is C16H19N3O4. The highest BCUT2D eigenvalue weighted by Crippen LogP contribution is 2.21. The number of hydrogen-bond acceptors (Lipinski definition) is 7. The number of aliphatic hydroxyl groups excluding tert-OH is 1. The first-order valence-corrected chi connectivity index (χ1v) is 7.17. The smallest absolute Gasteiger partial charge is 0.358 e. The minimum absolute atomic E-state index is 0.104. The number of anilines is 1. The van der Waals surface area contributed by atoms with Crippen LogP contribution in [-0.4, -0.2) is 46.3 Å². The number of nitrogens with zero attached hydrogens (tertiary/aromatic N) is 3. The molecule has 7 heteroatoms. The molecular weight excluding hydrogens is 298 g/mol. The normalized spacial score (nSPS) is 11.8. The van der Waals surface area contributed by atoms with E-state index in [0.717, 1.165) is 0 Å². The van der Waals surface area contributed by atoms with Gasteiger partial charge < -0.3 is 19.8 Å². The Kier molecular flexibility index (Phi) is 5.48. The summed E-state index contributed by atoms with van der Waals surface area (Å²) < 4.78 is 4.58. The molecule has 23 heavy (non-hydrogen) atoms. The van der Waals surface area contributed by atoms with Crippen LogP contribution in [-0.2, 0) is 4.74 Å². The molecule has 0 aliphatic heterocycles. The maximum atomic E-state index is 11.4. The molecule has 1 heterocycles. The van der Waals surface area contributed by atoms with Crippen molar-refractivity contribution >= 4 is 11.8 Å². The molecule has 122 valence electrons. The van der Waals surface area contributed by atoms with Crippen LogP contribution in [0.2, 0.25) is 0 Å². The number of hydrogen-bond donors (Lipinski definition) is 2. The lowest BCUT2D eigenvalue weighted by Crippen LogP contribution is -2.29. The van der Waals surface area contributed by atoms with E-state index in [-0.39, 0.29) is 18.0 Å². The molecule has 0 spiro atoms. The van der Waals surface area contributed by atoms with Crippen LogP contribution in [0.1, 0.15) is 29.1 Å². The van der Waals surface area contributed by atoms with Crippen LogP contribution in [0.4, 0.5) is 5.82 Å². The molecule has 1 aromatic carbocycles. The van der Waals surface area contributed by atoms with Gasteiger partial charge in [0, 0.05) is 13.1 Å². The van der Waals surface area contributed by atoms with Gasteiger partial charge in [-0.25, -0.2) is 14.8 Å². The van der Waals surface area contributed by atoms with Gasteiger partial charge in [-0.15, -0.1) is 0 Å². The number of aliphatic hydroxyl groups is 1. The zero-order valence-electron chi connectivity index (χ0n) is 13.0. The number of rotatable bonds is 6. The van der Waals surface area contributed by atoms with E-state index in [0.29, 0.717) is 17.9 Å². The molecule has 1 aromatic heterocycles. The zero-order valence-corrected chi connectivity index (χ0v) is 13.0. The van der Waals surface area contributed by atoms with E-state index < -0.39 is 12.1 Å². The fourth-order valence-electron chi connectivity index (χ4n) is 2.13. The number of aromatic nitrogens is 2. The van der Waals surface area contributed by atoms with E-state index in [9.17, 15) is 15.0 Å². The minimum atomic E-state index is -0.788. The lowest BCUT2D eigenvalue weighted by Gasteiger charge is -2.24. The highest BCUT2D eigenvalue weighted by atomic mass is 16.5. The van der Waals surface area contributed by atoms with Crippen molar-refractivity contribution in [3.8, 4) is 5.75 Å². The number of ether oxygens (including phenoxy) is 1. The third-order valence-electron chi connectivity index (χ3n) is 3.39. The topological polar surface area (TPSA) is 95.8 Å². The molecule has 0 fully saturated rings. The first-order valence-electron chi connectivity index (χ1n) is 7.17. The Balaban J connectivity index is 2.11. The quantitative estimate of drug-likeness (QED) is 0.780. The van der Waals surface area contributed by atoms with Crippen LogP contribution < -0.4 is 4.90 Å². The monoisotopic (exact) mass is 317 g/mol. The van der Waals surface area contributed by atoms with Crippen LogP contribution in [0.25, 0.3) is 0 Å². The van der Waals surface area contributed by atoms with E-state index in [1.807, 2.05) is 11.8 Å². The van der Waals surface area contributed by atoms with Crippen molar-refractivity contribution in [1.82, 2.24) is 9.97 Å². The Morgan fingerprint density at radius 2 is 2.13 bits per heavy atom. The molecule has 7 nitrogen and oxygen atoms in total. The Hall–Kier alpha value is -2.67. The number of carbonyl (C=O) groups is 1. The molecule has 2 aromatic rings. The predicted molar refractivity (Wildman–Crippen MR) is 84.3 cm³/mol. The Bertz CT molecular complexity index is 661. The van der Waals surface area contributed by atoms with Crippen molar-refractivity contribution < 1.29 is 19.7 Å². The molecule has 0 radical (unpaired) electrons. The molecule has 0 saturated carbocycles. The second-order valence-corrected chi connectivity index (χ2v) is 4.90. The highest BCUT2D eigenvalue weighted by Gasteiger charge is 2.16. The Morgan fingerprint density at radius 3 is 2.70 bits per heavy atom. The summed E-state index contributed by atoms with van der Waals surface area (Å²) in [4.78, 5) is 21.4. The summed E-state index contributed by atoms with van der Waals surface area (Å²) in [5.41, 5.74) is 0.739. The maximum absolute atomic E-state index is 11.4. The number of methoxy groups -OCH3 is 1. The van der Waals surface area contributed by atoms with Gasteiger partial charge in [-0.05, 0) is 24.6 Å². The molecule has 0 aliphatic carbocycles. The maximum Gasteiger partial charge on any atom is 0.358 e. The van der Waals surface area contributed by atoms with Crippen molar-refractivity contribution in [3.63, 3.8) is 0 Å². The van der Waals surface area contributed by atoms with Crippen LogP contribution >= 0.6 is 0 Å². The van der Waals surface area contributed by atoms with Gasteiger partial charge in [-0.1, -0.05) is 12.1 Å². The first kappa shape index (κ1) is 16.7. The molecule has 0 amide bonds. The van der Waals surface area contributed by atoms with Gasteiger partial charge in [-0.3, -0.25) is 0 Å². The molecule has 1 atom stereocenters. The zero-order chi connectivity index (χ0) is 16.8. The molecule has 0 bridgehead atoms. The fourth-order valence-corrected chi connectivity index (χ4v) is 2.13. The second kappa shape index (κ2) is 7.55. The van der Waals surface area contributed by atoms with Crippen LogP contribution in [0, 0.1) is 0 Å². The second-order valence-electron chi connectivity index (χ2n) is 4.90. The summed E-state index contributed by atoms with van der Waals surface area (Å²) in [7, 11) is 1.28. The fraction of sp³-hybridized carbons (Fsp3) is 0.312. The van der Waals surface area contributed by atoms with Gasteiger partial charge in [0.05, 0.1) is 25.6 Å². The summed E-state index contributed by atoms with van der Waals surface area (Å²) in [5.74, 6) is 0.0954. The van der Waals surface area contributed by atoms with Gasteiger partial charge in [-0.2, -0.15) is 0 Å². The Labute approximate surface area is 134 Å². The van der Waals surface area contributed by atoms with Crippen LogP contribution in [0.5, 0.6) is 5.75 Å². The average Bonchev–Trinajstić information content (AvgIpc) is 2.59. The molecule has 0 saturated heterocycles.